The van der Waals surface area contributed by atoms with Gasteiger partial charge in [-0.1, -0.05) is 93.6 Å². The molecule has 1 unspecified atom stereocenters. The van der Waals surface area contributed by atoms with Gasteiger partial charge in [0.05, 0.1) is 0 Å². The van der Waals surface area contributed by atoms with E-state index in [0.29, 0.717) is 25.4 Å². The molecule has 2 N–H and O–H groups in total. The number of amides is 1. The summed E-state index contributed by atoms with van der Waals surface area (Å²) in [4.78, 5) is 14.2. The summed E-state index contributed by atoms with van der Waals surface area (Å²) in [7, 11) is 1.90. The molecule has 3 nitrogen and oxygen atoms in total. The van der Waals surface area contributed by atoms with Crippen LogP contribution in [0.4, 0.5) is 0 Å². The van der Waals surface area contributed by atoms with Crippen LogP contribution >= 0.6 is 12.4 Å². The summed E-state index contributed by atoms with van der Waals surface area (Å²) in [5, 5.41) is 0. The Morgan fingerprint density at radius 3 is 2.19 bits per heavy atom. The summed E-state index contributed by atoms with van der Waals surface area (Å²) < 4.78 is 0. The number of hydrogen-bond donors (Lipinski definition) is 1. The highest BCUT2D eigenvalue weighted by atomic mass is 35.5. The monoisotopic (exact) mass is 458 g/mol. The highest BCUT2D eigenvalue weighted by Crippen LogP contribution is 2.27. The fraction of sp³-hybridized carbons (Fsp3) is 0.536. The Labute approximate surface area is 202 Å². The summed E-state index contributed by atoms with van der Waals surface area (Å²) in [6.07, 6.45) is 11.1. The molecule has 4 heteroatoms. The number of carbonyl (C=O) groups is 1. The predicted molar refractivity (Wildman–Crippen MR) is 139 cm³/mol. The second-order valence-electron chi connectivity index (χ2n) is 8.83. The Morgan fingerprint density at radius 2 is 1.53 bits per heavy atom. The normalized spacial score (nSPS) is 11.6. The molecule has 0 bridgehead atoms. The predicted octanol–water partition coefficient (Wildman–Crippen LogP) is 6.88. The van der Waals surface area contributed by atoms with Gasteiger partial charge in [-0.3, -0.25) is 4.79 Å². The van der Waals surface area contributed by atoms with E-state index in [4.69, 9.17) is 5.73 Å². The second-order valence-corrected chi connectivity index (χ2v) is 8.83. The lowest BCUT2D eigenvalue weighted by molar-refractivity contribution is -0.130. The number of rotatable bonds is 15. The summed E-state index contributed by atoms with van der Waals surface area (Å²) >= 11 is 0. The number of carbonyl (C=O) groups excluding carboxylic acids is 1. The van der Waals surface area contributed by atoms with Crippen molar-refractivity contribution in [3.63, 3.8) is 0 Å². The molecule has 0 saturated carbocycles. The molecule has 1 atom stereocenters. The number of benzene rings is 2. The van der Waals surface area contributed by atoms with Crippen LogP contribution in [0.25, 0.3) is 0 Å². The molecule has 0 spiro atoms. The van der Waals surface area contributed by atoms with E-state index in [1.807, 2.05) is 11.9 Å². The number of unbranched alkanes of at least 4 members (excludes halogenated alkanes) is 5. The standard InChI is InChI=1S/C28H42N2O.ClH/c1-3-4-5-8-15-27(26-13-9-6-10-14-26)22-24-17-19-25(20-18-24)23-30(2)28(31)16-11-7-12-21-29;/h6,9-10,13-14,17-20,27H,3-5,7-8,11-12,15-16,21-23,29H2,1-2H3;1H. The lowest BCUT2D eigenvalue weighted by atomic mass is 9.87. The van der Waals surface area contributed by atoms with Gasteiger partial charge >= 0.3 is 0 Å². The minimum absolute atomic E-state index is 0. The maximum Gasteiger partial charge on any atom is 0.222 e. The third-order valence-corrected chi connectivity index (χ3v) is 6.12. The first-order valence-corrected chi connectivity index (χ1v) is 12.2. The highest BCUT2D eigenvalue weighted by Gasteiger charge is 2.13. The average molecular weight is 459 g/mol. The van der Waals surface area contributed by atoms with E-state index in [1.165, 1.54) is 48.8 Å². The minimum Gasteiger partial charge on any atom is -0.341 e. The molecule has 1 amide bonds. The summed E-state index contributed by atoms with van der Waals surface area (Å²) in [5.41, 5.74) is 9.54. The van der Waals surface area contributed by atoms with Crippen LogP contribution in [-0.4, -0.2) is 24.4 Å². The second kappa shape index (κ2) is 16.7. The Bertz CT molecular complexity index is 733. The lowest BCUT2D eigenvalue weighted by Crippen LogP contribution is -2.25. The molecule has 2 rings (SSSR count). The van der Waals surface area contributed by atoms with Crippen LogP contribution in [-0.2, 0) is 17.8 Å². The molecule has 0 heterocycles. The SMILES string of the molecule is CCCCCCC(Cc1ccc(CN(C)C(=O)CCCCCN)cc1)c1ccccc1.Cl. The smallest absolute Gasteiger partial charge is 0.222 e. The molecular formula is C28H43ClN2O. The van der Waals surface area contributed by atoms with Gasteiger partial charge in [-0.2, -0.15) is 0 Å². The van der Waals surface area contributed by atoms with E-state index in [1.54, 1.807) is 0 Å². The highest BCUT2D eigenvalue weighted by molar-refractivity contribution is 5.85. The fourth-order valence-electron chi connectivity index (χ4n) is 4.14. The van der Waals surface area contributed by atoms with Crippen molar-refractivity contribution in [3.8, 4) is 0 Å². The van der Waals surface area contributed by atoms with E-state index >= 15 is 0 Å². The summed E-state index contributed by atoms with van der Waals surface area (Å²) in [6.45, 7) is 3.65. The van der Waals surface area contributed by atoms with Crippen molar-refractivity contribution in [2.24, 2.45) is 5.73 Å². The van der Waals surface area contributed by atoms with Crippen LogP contribution in [0.5, 0.6) is 0 Å². The summed E-state index contributed by atoms with van der Waals surface area (Å²) in [5.74, 6) is 0.791. The Balaban J connectivity index is 0.00000512. The summed E-state index contributed by atoms with van der Waals surface area (Å²) in [6, 6.07) is 19.8. The van der Waals surface area contributed by atoms with Crippen molar-refractivity contribution >= 4 is 18.3 Å². The van der Waals surface area contributed by atoms with Gasteiger partial charge in [0.25, 0.3) is 0 Å². The molecule has 0 aromatic heterocycles. The third-order valence-electron chi connectivity index (χ3n) is 6.12. The number of nitrogens with two attached hydrogens (primary N) is 1. The molecule has 32 heavy (non-hydrogen) atoms. The van der Waals surface area contributed by atoms with Crippen LogP contribution < -0.4 is 5.73 Å². The zero-order valence-electron chi connectivity index (χ0n) is 20.1. The van der Waals surface area contributed by atoms with Gasteiger partial charge in [0.2, 0.25) is 5.91 Å². The maximum absolute atomic E-state index is 12.3. The maximum atomic E-state index is 12.3. The first kappa shape index (κ1) is 28.2. The zero-order valence-corrected chi connectivity index (χ0v) is 20.9. The topological polar surface area (TPSA) is 46.3 Å². The number of nitrogens with zero attached hydrogens (tertiary/aromatic N) is 1. The van der Waals surface area contributed by atoms with Gasteiger partial charge in [0, 0.05) is 20.0 Å². The van der Waals surface area contributed by atoms with E-state index in [2.05, 4.69) is 61.5 Å². The van der Waals surface area contributed by atoms with E-state index in [-0.39, 0.29) is 18.3 Å². The molecular weight excluding hydrogens is 416 g/mol. The van der Waals surface area contributed by atoms with Gasteiger partial charge in [0.1, 0.15) is 0 Å². The molecule has 2 aromatic rings. The molecule has 0 saturated heterocycles. The van der Waals surface area contributed by atoms with Crippen LogP contribution in [0.1, 0.15) is 87.3 Å². The van der Waals surface area contributed by atoms with E-state index in [9.17, 15) is 4.79 Å². The van der Waals surface area contributed by atoms with Gasteiger partial charge in [-0.15, -0.1) is 12.4 Å². The van der Waals surface area contributed by atoms with Crippen LogP contribution in [0.3, 0.4) is 0 Å². The van der Waals surface area contributed by atoms with Crippen LogP contribution in [0.2, 0.25) is 0 Å². The fourth-order valence-corrected chi connectivity index (χ4v) is 4.14. The average Bonchev–Trinajstić information content (AvgIpc) is 2.80. The molecule has 0 aliphatic heterocycles. The lowest BCUT2D eigenvalue weighted by Gasteiger charge is -2.19. The molecule has 0 aliphatic carbocycles. The minimum atomic E-state index is 0. The number of halogens is 1. The molecule has 0 radical (unpaired) electrons. The van der Waals surface area contributed by atoms with Crippen molar-refractivity contribution in [2.75, 3.05) is 13.6 Å². The third kappa shape index (κ3) is 10.7. The number of hydrogen-bond acceptors (Lipinski definition) is 2. The van der Waals surface area contributed by atoms with Crippen LogP contribution in [0.15, 0.2) is 54.6 Å². The van der Waals surface area contributed by atoms with E-state index < -0.39 is 0 Å². The first-order chi connectivity index (χ1) is 15.1. The van der Waals surface area contributed by atoms with Crippen molar-refractivity contribution in [2.45, 2.75) is 83.6 Å². The van der Waals surface area contributed by atoms with Gasteiger partial charge in [-0.05, 0) is 54.8 Å². The van der Waals surface area contributed by atoms with Gasteiger partial charge < -0.3 is 10.6 Å². The largest absolute Gasteiger partial charge is 0.341 e. The van der Waals surface area contributed by atoms with Crippen molar-refractivity contribution < 1.29 is 4.79 Å². The van der Waals surface area contributed by atoms with E-state index in [0.717, 1.165) is 25.7 Å². The first-order valence-electron chi connectivity index (χ1n) is 12.2. The van der Waals surface area contributed by atoms with Gasteiger partial charge in [-0.25, -0.2) is 0 Å². The Kier molecular flexibility index (Phi) is 14.8. The molecule has 0 fully saturated rings. The quantitative estimate of drug-likeness (QED) is 0.295. The Hall–Kier alpha value is -1.84. The molecule has 0 aliphatic rings. The molecule has 2 aromatic carbocycles. The van der Waals surface area contributed by atoms with Crippen molar-refractivity contribution in [1.29, 1.82) is 0 Å². The van der Waals surface area contributed by atoms with Crippen molar-refractivity contribution in [1.82, 2.24) is 4.90 Å². The van der Waals surface area contributed by atoms with Gasteiger partial charge in [0.15, 0.2) is 0 Å². The Morgan fingerprint density at radius 1 is 0.875 bits per heavy atom. The zero-order chi connectivity index (χ0) is 22.3. The molecule has 178 valence electrons. The van der Waals surface area contributed by atoms with Crippen LogP contribution in [0, 0.1) is 0 Å². The van der Waals surface area contributed by atoms with Crippen molar-refractivity contribution in [3.05, 3.63) is 71.3 Å².